The number of nitrogens with one attached hydrogen (secondary N) is 1. The molecule has 2 aromatic rings. The number of benzene rings is 1. The minimum atomic E-state index is 0.0529. The maximum atomic E-state index is 12.6. The van der Waals surface area contributed by atoms with Crippen molar-refractivity contribution >= 4 is 11.6 Å². The van der Waals surface area contributed by atoms with Gasteiger partial charge in [0.2, 0.25) is 0 Å². The van der Waals surface area contributed by atoms with Crippen molar-refractivity contribution in [2.45, 2.75) is 18.9 Å². The first-order valence-corrected chi connectivity index (χ1v) is 8.38. The molecule has 0 spiro atoms. The summed E-state index contributed by atoms with van der Waals surface area (Å²) in [6.45, 7) is 1.45. The Balaban J connectivity index is 1.69. The van der Waals surface area contributed by atoms with Crippen LogP contribution in [-0.2, 0) is 0 Å². The lowest BCUT2D eigenvalue weighted by Gasteiger charge is -2.34. The first-order valence-electron chi connectivity index (χ1n) is 8.38. The van der Waals surface area contributed by atoms with Crippen LogP contribution in [0.1, 0.15) is 23.2 Å². The number of ether oxygens (including phenoxy) is 2. The van der Waals surface area contributed by atoms with Crippen LogP contribution in [0.3, 0.4) is 0 Å². The van der Waals surface area contributed by atoms with Crippen molar-refractivity contribution in [3.8, 4) is 11.5 Å². The van der Waals surface area contributed by atoms with Crippen LogP contribution in [-0.4, -0.2) is 49.1 Å². The number of carbonyl (C=O) groups is 1. The third-order valence-corrected chi connectivity index (χ3v) is 4.36. The van der Waals surface area contributed by atoms with Gasteiger partial charge in [0.25, 0.3) is 5.91 Å². The predicted octanol–water partition coefficient (Wildman–Crippen LogP) is 2.82. The highest BCUT2D eigenvalue weighted by Crippen LogP contribution is 2.27. The molecule has 6 heteroatoms. The standard InChI is InChI=1S/C19H23N3O3/c1-24-17-10-16(11-18(12-17)25-2)21-15-4-3-9-22(13-15)19(23)14-5-7-20-8-6-14/h5-8,10-12,15,21H,3-4,9,13H2,1-2H3/t15-/m1/s1. The number of anilines is 1. The third-order valence-electron chi connectivity index (χ3n) is 4.36. The first-order chi connectivity index (χ1) is 12.2. The lowest BCUT2D eigenvalue weighted by molar-refractivity contribution is 0.0714. The number of pyridine rings is 1. The third kappa shape index (κ3) is 4.21. The summed E-state index contributed by atoms with van der Waals surface area (Å²) in [6, 6.07) is 9.42. The molecule has 2 heterocycles. The van der Waals surface area contributed by atoms with Crippen LogP contribution in [0.15, 0.2) is 42.7 Å². The fourth-order valence-electron chi connectivity index (χ4n) is 3.08. The van der Waals surface area contributed by atoms with Gasteiger partial charge in [-0.15, -0.1) is 0 Å². The normalized spacial score (nSPS) is 17.0. The highest BCUT2D eigenvalue weighted by molar-refractivity contribution is 5.94. The summed E-state index contributed by atoms with van der Waals surface area (Å²) < 4.78 is 10.6. The molecule has 1 aromatic carbocycles. The van der Waals surface area contributed by atoms with Crippen molar-refractivity contribution in [1.82, 2.24) is 9.88 Å². The van der Waals surface area contributed by atoms with Crippen LogP contribution in [0.5, 0.6) is 11.5 Å². The lowest BCUT2D eigenvalue weighted by atomic mass is 10.0. The van der Waals surface area contributed by atoms with E-state index in [9.17, 15) is 4.79 Å². The van der Waals surface area contributed by atoms with Crippen molar-refractivity contribution in [3.63, 3.8) is 0 Å². The zero-order valence-corrected chi connectivity index (χ0v) is 14.6. The Morgan fingerprint density at radius 1 is 1.16 bits per heavy atom. The van der Waals surface area contributed by atoms with Gasteiger partial charge in [-0.2, -0.15) is 0 Å². The summed E-state index contributed by atoms with van der Waals surface area (Å²) in [4.78, 5) is 18.5. The molecule has 0 radical (unpaired) electrons. The van der Waals surface area contributed by atoms with Gasteiger partial charge in [-0.1, -0.05) is 0 Å². The zero-order chi connectivity index (χ0) is 17.6. The Labute approximate surface area is 147 Å². The average molecular weight is 341 g/mol. The van der Waals surface area contributed by atoms with E-state index in [-0.39, 0.29) is 11.9 Å². The van der Waals surface area contributed by atoms with Crippen molar-refractivity contribution in [3.05, 3.63) is 48.3 Å². The molecule has 1 aliphatic rings. The van der Waals surface area contributed by atoms with Gasteiger partial charge in [0.05, 0.1) is 14.2 Å². The van der Waals surface area contributed by atoms with Gasteiger partial charge in [0, 0.05) is 61.0 Å². The maximum Gasteiger partial charge on any atom is 0.254 e. The fraction of sp³-hybridized carbons (Fsp3) is 0.368. The van der Waals surface area contributed by atoms with Gasteiger partial charge in [-0.05, 0) is 25.0 Å². The molecule has 6 nitrogen and oxygen atoms in total. The van der Waals surface area contributed by atoms with Gasteiger partial charge in [0.15, 0.2) is 0 Å². The molecule has 1 amide bonds. The molecule has 0 saturated carbocycles. The molecular weight excluding hydrogens is 318 g/mol. The van der Waals surface area contributed by atoms with Crippen molar-refractivity contribution in [2.75, 3.05) is 32.6 Å². The molecule has 1 fully saturated rings. The Morgan fingerprint density at radius 2 is 1.84 bits per heavy atom. The molecule has 0 bridgehead atoms. The molecule has 0 aliphatic carbocycles. The van der Waals surface area contributed by atoms with Crippen LogP contribution in [0.2, 0.25) is 0 Å². The summed E-state index contributed by atoms with van der Waals surface area (Å²) in [7, 11) is 3.27. The van der Waals surface area contributed by atoms with Gasteiger partial charge < -0.3 is 19.7 Å². The second-order valence-electron chi connectivity index (χ2n) is 6.07. The summed E-state index contributed by atoms with van der Waals surface area (Å²) >= 11 is 0. The van der Waals surface area contributed by atoms with E-state index in [1.54, 1.807) is 38.7 Å². The molecule has 1 N–H and O–H groups in total. The van der Waals surface area contributed by atoms with E-state index >= 15 is 0 Å². The van der Waals surface area contributed by atoms with E-state index in [1.165, 1.54) is 0 Å². The van der Waals surface area contributed by atoms with E-state index < -0.39 is 0 Å². The summed E-state index contributed by atoms with van der Waals surface area (Å²) in [6.07, 6.45) is 5.28. The quantitative estimate of drug-likeness (QED) is 0.906. The van der Waals surface area contributed by atoms with Crippen LogP contribution in [0.4, 0.5) is 5.69 Å². The number of aromatic nitrogens is 1. The molecule has 132 valence electrons. The number of amides is 1. The van der Waals surface area contributed by atoms with Gasteiger partial charge in [-0.3, -0.25) is 9.78 Å². The highest BCUT2D eigenvalue weighted by Gasteiger charge is 2.24. The molecule has 25 heavy (non-hydrogen) atoms. The number of likely N-dealkylation sites (tertiary alicyclic amines) is 1. The second kappa shape index (κ2) is 7.88. The van der Waals surface area contributed by atoms with Crippen LogP contribution in [0, 0.1) is 0 Å². The van der Waals surface area contributed by atoms with Crippen molar-refractivity contribution in [1.29, 1.82) is 0 Å². The maximum absolute atomic E-state index is 12.6. The Kier molecular flexibility index (Phi) is 5.38. The zero-order valence-electron chi connectivity index (χ0n) is 14.6. The average Bonchev–Trinajstić information content (AvgIpc) is 2.68. The smallest absolute Gasteiger partial charge is 0.254 e. The molecule has 1 saturated heterocycles. The first kappa shape index (κ1) is 17.1. The summed E-state index contributed by atoms with van der Waals surface area (Å²) in [5, 5.41) is 3.50. The van der Waals surface area contributed by atoms with Crippen molar-refractivity contribution < 1.29 is 14.3 Å². The number of nitrogens with zero attached hydrogens (tertiary/aromatic N) is 2. The Morgan fingerprint density at radius 3 is 2.48 bits per heavy atom. The van der Waals surface area contributed by atoms with E-state index in [0.717, 1.165) is 36.6 Å². The van der Waals surface area contributed by atoms with Crippen LogP contribution in [0.25, 0.3) is 0 Å². The topological polar surface area (TPSA) is 63.7 Å². The number of rotatable bonds is 5. The SMILES string of the molecule is COc1cc(N[C@@H]2CCCN(C(=O)c3ccncc3)C2)cc(OC)c1. The van der Waals surface area contributed by atoms with E-state index in [0.29, 0.717) is 12.1 Å². The largest absolute Gasteiger partial charge is 0.497 e. The number of hydrogen-bond acceptors (Lipinski definition) is 5. The summed E-state index contributed by atoms with van der Waals surface area (Å²) in [5.41, 5.74) is 1.61. The number of carbonyl (C=O) groups excluding carboxylic acids is 1. The molecule has 0 unspecified atom stereocenters. The monoisotopic (exact) mass is 341 g/mol. The van der Waals surface area contributed by atoms with Gasteiger partial charge in [0.1, 0.15) is 11.5 Å². The molecule has 1 aromatic heterocycles. The predicted molar refractivity (Wildman–Crippen MR) is 96.3 cm³/mol. The molecule has 3 rings (SSSR count). The Bertz CT molecular complexity index is 699. The number of methoxy groups -OCH3 is 2. The molecule has 1 atom stereocenters. The Hall–Kier alpha value is -2.76. The minimum absolute atomic E-state index is 0.0529. The lowest BCUT2D eigenvalue weighted by Crippen LogP contribution is -2.45. The fourth-order valence-corrected chi connectivity index (χ4v) is 3.08. The minimum Gasteiger partial charge on any atom is -0.497 e. The van der Waals surface area contributed by atoms with Gasteiger partial charge in [-0.25, -0.2) is 0 Å². The van der Waals surface area contributed by atoms with Crippen LogP contribution < -0.4 is 14.8 Å². The number of hydrogen-bond donors (Lipinski definition) is 1. The summed E-state index contributed by atoms with van der Waals surface area (Å²) in [5.74, 6) is 1.53. The second-order valence-corrected chi connectivity index (χ2v) is 6.07. The van der Waals surface area contributed by atoms with E-state index in [4.69, 9.17) is 9.47 Å². The van der Waals surface area contributed by atoms with Crippen molar-refractivity contribution in [2.24, 2.45) is 0 Å². The van der Waals surface area contributed by atoms with Crippen LogP contribution >= 0.6 is 0 Å². The molecule has 1 aliphatic heterocycles. The highest BCUT2D eigenvalue weighted by atomic mass is 16.5. The van der Waals surface area contributed by atoms with E-state index in [1.807, 2.05) is 23.1 Å². The van der Waals surface area contributed by atoms with E-state index in [2.05, 4.69) is 10.3 Å². The number of piperidine rings is 1. The van der Waals surface area contributed by atoms with Gasteiger partial charge >= 0.3 is 0 Å². The molecular formula is C19H23N3O3.